The van der Waals surface area contributed by atoms with Crippen LogP contribution in [-0.2, 0) is 0 Å². The highest BCUT2D eigenvalue weighted by molar-refractivity contribution is 5.37. The van der Waals surface area contributed by atoms with Crippen molar-refractivity contribution < 1.29 is 10.2 Å². The van der Waals surface area contributed by atoms with Crippen LogP contribution >= 0.6 is 0 Å². The molecule has 0 aromatic rings. The summed E-state index contributed by atoms with van der Waals surface area (Å²) in [6.07, 6.45) is 12.8. The first-order valence-electron chi connectivity index (χ1n) is 13.9. The van der Waals surface area contributed by atoms with E-state index in [1.54, 1.807) is 5.57 Å². The van der Waals surface area contributed by atoms with E-state index in [0.717, 1.165) is 19.3 Å². The zero-order chi connectivity index (χ0) is 24.2. The highest BCUT2D eigenvalue weighted by Crippen LogP contribution is 2.76. The van der Waals surface area contributed by atoms with E-state index in [9.17, 15) is 10.2 Å². The van der Waals surface area contributed by atoms with Gasteiger partial charge in [-0.15, -0.1) is 0 Å². The fraction of sp³-hybridized carbons (Fsp3) is 0.871. The summed E-state index contributed by atoms with van der Waals surface area (Å²) in [6.45, 7) is 22.1. The van der Waals surface area contributed by atoms with Crippen LogP contribution in [-0.4, -0.2) is 22.9 Å². The minimum Gasteiger partial charge on any atom is -0.396 e. The van der Waals surface area contributed by atoms with Crippen molar-refractivity contribution in [2.24, 2.45) is 50.2 Å². The summed E-state index contributed by atoms with van der Waals surface area (Å²) in [7, 11) is 0. The summed E-state index contributed by atoms with van der Waals surface area (Å²) < 4.78 is 0. The highest BCUT2D eigenvalue weighted by Gasteiger charge is 2.68. The van der Waals surface area contributed by atoms with Gasteiger partial charge in [0, 0.05) is 5.41 Å². The van der Waals surface area contributed by atoms with Gasteiger partial charge in [0.25, 0.3) is 0 Å². The molecule has 5 rings (SSSR count). The fourth-order valence-electron chi connectivity index (χ4n) is 10.7. The van der Waals surface area contributed by atoms with Crippen LogP contribution in [0.25, 0.3) is 0 Å². The van der Waals surface area contributed by atoms with E-state index < -0.39 is 0 Å². The first-order valence-corrected chi connectivity index (χ1v) is 13.9. The van der Waals surface area contributed by atoms with Gasteiger partial charge in [0.2, 0.25) is 0 Å². The molecule has 0 amide bonds. The molecule has 4 fully saturated rings. The van der Waals surface area contributed by atoms with Crippen LogP contribution in [0.4, 0.5) is 0 Å². The van der Waals surface area contributed by atoms with Gasteiger partial charge in [-0.25, -0.2) is 0 Å². The minimum atomic E-state index is -0.374. The van der Waals surface area contributed by atoms with Crippen molar-refractivity contribution in [3.63, 3.8) is 0 Å². The summed E-state index contributed by atoms with van der Waals surface area (Å²) in [5.74, 6) is 1.66. The Labute approximate surface area is 203 Å². The predicted molar refractivity (Wildman–Crippen MR) is 137 cm³/mol. The Morgan fingerprint density at radius 3 is 2.30 bits per heavy atom. The smallest absolute Gasteiger partial charge is 0.0618 e. The van der Waals surface area contributed by atoms with E-state index >= 15 is 0 Å². The van der Waals surface area contributed by atoms with E-state index in [-0.39, 0.29) is 39.8 Å². The molecule has 0 saturated heterocycles. The molecule has 9 atom stereocenters. The second-order valence-electron chi connectivity index (χ2n) is 15.1. The first kappa shape index (κ1) is 24.1. The summed E-state index contributed by atoms with van der Waals surface area (Å²) in [4.78, 5) is 0. The van der Waals surface area contributed by atoms with E-state index in [1.165, 1.54) is 44.1 Å². The molecule has 2 nitrogen and oxygen atoms in total. The van der Waals surface area contributed by atoms with Gasteiger partial charge in [-0.2, -0.15) is 0 Å². The molecule has 33 heavy (non-hydrogen) atoms. The Hall–Kier alpha value is -0.600. The largest absolute Gasteiger partial charge is 0.396 e. The lowest BCUT2D eigenvalue weighted by atomic mass is 9.33. The average Bonchev–Trinajstić information content (AvgIpc) is 2.73. The zero-order valence-electron chi connectivity index (χ0n) is 22.6. The second-order valence-corrected chi connectivity index (χ2v) is 15.1. The molecule has 5 aliphatic rings. The van der Waals surface area contributed by atoms with Crippen LogP contribution in [0.15, 0.2) is 23.8 Å². The third-order valence-corrected chi connectivity index (χ3v) is 13.2. The van der Waals surface area contributed by atoms with Crippen molar-refractivity contribution in [2.75, 3.05) is 6.61 Å². The summed E-state index contributed by atoms with van der Waals surface area (Å²) >= 11 is 0. The maximum atomic E-state index is 10.9. The molecule has 0 spiro atoms. The molecule has 2 heteroatoms. The Bertz CT molecular complexity index is 885. The van der Waals surface area contributed by atoms with Gasteiger partial charge in [-0.3, -0.25) is 0 Å². The summed E-state index contributed by atoms with van der Waals surface area (Å²) in [5, 5.41) is 21.4. The van der Waals surface area contributed by atoms with E-state index in [2.05, 4.69) is 61.1 Å². The number of rotatable bonds is 1. The Balaban J connectivity index is 1.59. The lowest BCUT2D eigenvalue weighted by molar-refractivity contribution is -0.214. The normalized spacial score (nSPS) is 55.5. The topological polar surface area (TPSA) is 40.5 Å². The van der Waals surface area contributed by atoms with Crippen LogP contribution in [0.1, 0.15) is 106 Å². The van der Waals surface area contributed by atoms with Crippen molar-refractivity contribution in [2.45, 2.75) is 112 Å². The second kappa shape index (κ2) is 7.00. The van der Waals surface area contributed by atoms with Crippen LogP contribution in [0.5, 0.6) is 0 Å². The number of fused-ring (bicyclic) bond motifs is 7. The lowest BCUT2D eigenvalue weighted by Gasteiger charge is -2.71. The number of aliphatic hydroxyl groups excluding tert-OH is 2. The van der Waals surface area contributed by atoms with Crippen molar-refractivity contribution in [1.82, 2.24) is 0 Å². The van der Waals surface area contributed by atoms with Crippen molar-refractivity contribution in [3.05, 3.63) is 23.8 Å². The van der Waals surface area contributed by atoms with Gasteiger partial charge < -0.3 is 10.2 Å². The quantitative estimate of drug-likeness (QED) is 0.408. The van der Waals surface area contributed by atoms with Gasteiger partial charge >= 0.3 is 0 Å². The molecule has 0 bridgehead atoms. The number of hydrogen-bond acceptors (Lipinski definition) is 2. The van der Waals surface area contributed by atoms with Gasteiger partial charge in [-0.1, -0.05) is 72.3 Å². The molecule has 4 saturated carbocycles. The Morgan fingerprint density at radius 1 is 0.939 bits per heavy atom. The summed E-state index contributed by atoms with van der Waals surface area (Å²) in [6, 6.07) is 0. The first-order chi connectivity index (χ1) is 15.2. The van der Waals surface area contributed by atoms with E-state index in [0.29, 0.717) is 23.2 Å². The molecule has 0 aromatic heterocycles. The SMILES string of the molecule is C=C1CC(C)(C)C[C@@H]2C3=CC[C@@H]4[C@@]5(C)CC[C@H](O)[C@@](C)(CO)C5CC[C@@]4(C)[C@]3(C)CC[C@@]12C. The molecular formula is C31H50O2. The third kappa shape index (κ3) is 2.86. The molecule has 186 valence electrons. The van der Waals surface area contributed by atoms with E-state index in [1.807, 2.05) is 0 Å². The molecule has 0 aliphatic heterocycles. The van der Waals surface area contributed by atoms with Gasteiger partial charge in [-0.05, 0) is 103 Å². The molecule has 0 heterocycles. The molecule has 5 aliphatic carbocycles. The number of allylic oxidation sites excluding steroid dienone is 3. The van der Waals surface area contributed by atoms with Crippen LogP contribution in [0, 0.1) is 50.2 Å². The maximum absolute atomic E-state index is 10.9. The minimum absolute atomic E-state index is 0.105. The molecule has 2 N–H and O–H groups in total. The monoisotopic (exact) mass is 454 g/mol. The Morgan fingerprint density at radius 2 is 1.64 bits per heavy atom. The number of aliphatic hydroxyl groups is 2. The lowest BCUT2D eigenvalue weighted by Crippen LogP contribution is -2.65. The maximum Gasteiger partial charge on any atom is 0.0618 e. The van der Waals surface area contributed by atoms with Gasteiger partial charge in [0.05, 0.1) is 12.7 Å². The standard InChI is InChI=1S/C31H50O2/c1-20-17-26(2,3)18-22-21-9-10-24-28(5)13-12-25(33)29(6,19-32)23(28)11-14-31(24,8)30(21,7)16-15-27(20,22)4/h9,22-25,32-33H,1,10-19H2,2-8H3/t22-,23?,24-,25+,27+,28+,29+,30-,31-/m1/s1. The van der Waals surface area contributed by atoms with Gasteiger partial charge in [0.15, 0.2) is 0 Å². The van der Waals surface area contributed by atoms with Crippen molar-refractivity contribution >= 4 is 0 Å². The molecule has 0 aromatic carbocycles. The highest BCUT2D eigenvalue weighted by atomic mass is 16.3. The van der Waals surface area contributed by atoms with Crippen molar-refractivity contribution in [1.29, 1.82) is 0 Å². The van der Waals surface area contributed by atoms with Crippen LogP contribution in [0.2, 0.25) is 0 Å². The summed E-state index contributed by atoms with van der Waals surface area (Å²) in [5.41, 5.74) is 4.21. The Kier molecular flexibility index (Phi) is 5.11. The van der Waals surface area contributed by atoms with E-state index in [4.69, 9.17) is 0 Å². The average molecular weight is 455 g/mol. The van der Waals surface area contributed by atoms with Crippen molar-refractivity contribution in [3.8, 4) is 0 Å². The molecular weight excluding hydrogens is 404 g/mol. The third-order valence-electron chi connectivity index (χ3n) is 13.2. The predicted octanol–water partition coefficient (Wildman–Crippen LogP) is 7.31. The zero-order valence-corrected chi connectivity index (χ0v) is 22.6. The van der Waals surface area contributed by atoms with Gasteiger partial charge in [0.1, 0.15) is 0 Å². The molecule has 0 radical (unpaired) electrons. The number of hydrogen-bond donors (Lipinski definition) is 2. The van der Waals surface area contributed by atoms with Crippen LogP contribution in [0.3, 0.4) is 0 Å². The fourth-order valence-corrected chi connectivity index (χ4v) is 10.7. The van der Waals surface area contributed by atoms with Crippen LogP contribution < -0.4 is 0 Å². The molecule has 1 unspecified atom stereocenters.